The number of β-amino-alcohol motifs (C(OH)–C–C–N with tert-alkyl or cyclic N) is 1. The molecule has 1 aromatic carbocycles. The van der Waals surface area contributed by atoms with Crippen LogP contribution in [0.3, 0.4) is 0 Å². The van der Waals surface area contributed by atoms with Gasteiger partial charge >= 0.3 is 0 Å². The standard InChI is InChI=1S/C22H34N2O3/c1-21(2)17-23(11-4-5-19-6-8-20(26-3)9-7-19)12-10-22(21,25)18-24-13-15-27-16-14-24/h4-9,25H,10-18H2,1-3H3/b5-4+/t22-/m1/s1. The fourth-order valence-corrected chi connectivity index (χ4v) is 4.10. The van der Waals surface area contributed by atoms with E-state index in [1.807, 2.05) is 12.1 Å². The van der Waals surface area contributed by atoms with Crippen LogP contribution >= 0.6 is 0 Å². The minimum atomic E-state index is -0.638. The number of rotatable bonds is 6. The number of hydrogen-bond acceptors (Lipinski definition) is 5. The second kappa shape index (κ2) is 8.74. The van der Waals surface area contributed by atoms with Gasteiger partial charge in [0.05, 0.1) is 25.9 Å². The van der Waals surface area contributed by atoms with Gasteiger partial charge in [-0.3, -0.25) is 9.80 Å². The normalized spacial score (nSPS) is 27.1. The molecule has 27 heavy (non-hydrogen) atoms. The van der Waals surface area contributed by atoms with Crippen molar-refractivity contribution in [1.29, 1.82) is 0 Å². The van der Waals surface area contributed by atoms with Crippen LogP contribution in [-0.4, -0.2) is 80.1 Å². The summed E-state index contributed by atoms with van der Waals surface area (Å²) in [5.74, 6) is 0.879. The summed E-state index contributed by atoms with van der Waals surface area (Å²) in [5, 5.41) is 11.4. The molecule has 5 nitrogen and oxygen atoms in total. The van der Waals surface area contributed by atoms with E-state index >= 15 is 0 Å². The van der Waals surface area contributed by atoms with E-state index in [2.05, 4.69) is 47.9 Å². The monoisotopic (exact) mass is 374 g/mol. The summed E-state index contributed by atoms with van der Waals surface area (Å²) in [6, 6.07) is 8.10. The van der Waals surface area contributed by atoms with Crippen LogP contribution in [0.15, 0.2) is 30.3 Å². The Morgan fingerprint density at radius 1 is 1.11 bits per heavy atom. The average molecular weight is 375 g/mol. The molecule has 0 saturated carbocycles. The molecule has 2 heterocycles. The Bertz CT molecular complexity index is 623. The number of benzene rings is 1. The SMILES string of the molecule is COc1ccc(/C=C/CN2CC[C@@](O)(CN3CCOCC3)C(C)(C)C2)cc1. The first-order valence-electron chi connectivity index (χ1n) is 9.97. The molecule has 0 aromatic heterocycles. The number of ether oxygens (including phenoxy) is 2. The molecule has 0 radical (unpaired) electrons. The molecule has 5 heteroatoms. The molecule has 0 bridgehead atoms. The first-order valence-corrected chi connectivity index (χ1v) is 9.97. The van der Waals surface area contributed by atoms with Crippen molar-refractivity contribution in [3.8, 4) is 5.75 Å². The lowest BCUT2D eigenvalue weighted by molar-refractivity contribution is -0.138. The predicted molar refractivity (Wildman–Crippen MR) is 109 cm³/mol. The Morgan fingerprint density at radius 2 is 1.81 bits per heavy atom. The second-order valence-corrected chi connectivity index (χ2v) is 8.46. The lowest BCUT2D eigenvalue weighted by Gasteiger charge is -2.52. The van der Waals surface area contributed by atoms with E-state index in [-0.39, 0.29) is 5.41 Å². The van der Waals surface area contributed by atoms with Gasteiger partial charge < -0.3 is 14.6 Å². The number of aliphatic hydroxyl groups is 1. The maximum Gasteiger partial charge on any atom is 0.118 e. The van der Waals surface area contributed by atoms with Crippen LogP contribution < -0.4 is 4.74 Å². The minimum absolute atomic E-state index is 0.141. The van der Waals surface area contributed by atoms with Crippen LogP contribution in [0.25, 0.3) is 6.08 Å². The predicted octanol–water partition coefficient (Wildman–Crippen LogP) is 2.50. The van der Waals surface area contributed by atoms with Crippen molar-refractivity contribution in [2.24, 2.45) is 5.41 Å². The quantitative estimate of drug-likeness (QED) is 0.829. The van der Waals surface area contributed by atoms with E-state index in [4.69, 9.17) is 9.47 Å². The Balaban J connectivity index is 1.53. The summed E-state index contributed by atoms with van der Waals surface area (Å²) < 4.78 is 10.6. The van der Waals surface area contributed by atoms with Gasteiger partial charge in [-0.25, -0.2) is 0 Å². The van der Waals surface area contributed by atoms with Gasteiger partial charge in [-0.05, 0) is 24.1 Å². The molecule has 2 fully saturated rings. The van der Waals surface area contributed by atoms with Crippen LogP contribution in [0, 0.1) is 5.41 Å². The van der Waals surface area contributed by atoms with Gasteiger partial charge in [-0.15, -0.1) is 0 Å². The largest absolute Gasteiger partial charge is 0.497 e. The van der Waals surface area contributed by atoms with Gasteiger partial charge in [0.2, 0.25) is 0 Å². The molecular formula is C22H34N2O3. The van der Waals surface area contributed by atoms with Gasteiger partial charge in [-0.2, -0.15) is 0 Å². The zero-order valence-corrected chi connectivity index (χ0v) is 17.0. The number of morpholine rings is 1. The van der Waals surface area contributed by atoms with Gasteiger partial charge in [0, 0.05) is 44.7 Å². The van der Waals surface area contributed by atoms with E-state index in [9.17, 15) is 5.11 Å². The van der Waals surface area contributed by atoms with Gasteiger partial charge in [0.25, 0.3) is 0 Å². The van der Waals surface area contributed by atoms with Gasteiger partial charge in [0.15, 0.2) is 0 Å². The van der Waals surface area contributed by atoms with Gasteiger partial charge in [0.1, 0.15) is 5.75 Å². The molecule has 0 spiro atoms. The topological polar surface area (TPSA) is 45.2 Å². The highest BCUT2D eigenvalue weighted by atomic mass is 16.5. The van der Waals surface area contributed by atoms with Crippen molar-refractivity contribution in [2.75, 3.05) is 59.6 Å². The highest BCUT2D eigenvalue weighted by Crippen LogP contribution is 2.39. The third kappa shape index (κ3) is 5.11. The summed E-state index contributed by atoms with van der Waals surface area (Å²) in [4.78, 5) is 4.79. The minimum Gasteiger partial charge on any atom is -0.497 e. The third-order valence-electron chi connectivity index (χ3n) is 6.10. The number of nitrogens with zero attached hydrogens (tertiary/aromatic N) is 2. The van der Waals surface area contributed by atoms with Crippen molar-refractivity contribution in [3.05, 3.63) is 35.9 Å². The van der Waals surface area contributed by atoms with Crippen LogP contribution in [0.4, 0.5) is 0 Å². The molecule has 3 rings (SSSR count). The zero-order valence-electron chi connectivity index (χ0n) is 17.0. The molecule has 150 valence electrons. The number of likely N-dealkylation sites (tertiary alicyclic amines) is 1. The molecule has 2 aliphatic rings. The molecule has 0 unspecified atom stereocenters. The lowest BCUT2D eigenvalue weighted by atomic mass is 9.69. The summed E-state index contributed by atoms with van der Waals surface area (Å²) in [6.45, 7) is 11.3. The van der Waals surface area contributed by atoms with Crippen molar-refractivity contribution in [3.63, 3.8) is 0 Å². The summed E-state index contributed by atoms with van der Waals surface area (Å²) in [6.07, 6.45) is 5.18. The van der Waals surface area contributed by atoms with Crippen molar-refractivity contribution in [1.82, 2.24) is 9.80 Å². The maximum absolute atomic E-state index is 11.4. The highest BCUT2D eigenvalue weighted by molar-refractivity contribution is 5.50. The molecule has 2 saturated heterocycles. The lowest BCUT2D eigenvalue weighted by Crippen LogP contribution is -2.62. The number of methoxy groups -OCH3 is 1. The summed E-state index contributed by atoms with van der Waals surface area (Å²) >= 11 is 0. The van der Waals surface area contributed by atoms with Crippen LogP contribution in [0.2, 0.25) is 0 Å². The number of piperidine rings is 1. The summed E-state index contributed by atoms with van der Waals surface area (Å²) in [5.41, 5.74) is 0.397. The molecule has 1 N–H and O–H groups in total. The molecular weight excluding hydrogens is 340 g/mol. The van der Waals surface area contributed by atoms with E-state index < -0.39 is 5.60 Å². The van der Waals surface area contributed by atoms with E-state index in [0.29, 0.717) is 0 Å². The average Bonchev–Trinajstić information content (AvgIpc) is 2.66. The summed E-state index contributed by atoms with van der Waals surface area (Å²) in [7, 11) is 1.68. The van der Waals surface area contributed by atoms with Crippen molar-refractivity contribution < 1.29 is 14.6 Å². The molecule has 2 aliphatic heterocycles. The van der Waals surface area contributed by atoms with E-state index in [1.54, 1.807) is 7.11 Å². The Labute approximate surface area is 163 Å². The second-order valence-electron chi connectivity index (χ2n) is 8.46. The zero-order chi connectivity index (χ0) is 19.3. The van der Waals surface area contributed by atoms with Crippen molar-refractivity contribution in [2.45, 2.75) is 25.9 Å². The molecule has 1 atom stereocenters. The fraction of sp³-hybridized carbons (Fsp3) is 0.636. The van der Waals surface area contributed by atoms with Crippen LogP contribution in [0.5, 0.6) is 5.75 Å². The first kappa shape index (κ1) is 20.3. The molecule has 0 aliphatic carbocycles. The van der Waals surface area contributed by atoms with E-state index in [0.717, 1.165) is 64.7 Å². The maximum atomic E-state index is 11.4. The molecule has 0 amide bonds. The fourth-order valence-electron chi connectivity index (χ4n) is 4.10. The van der Waals surface area contributed by atoms with Gasteiger partial charge in [-0.1, -0.05) is 38.1 Å². The van der Waals surface area contributed by atoms with Crippen LogP contribution in [-0.2, 0) is 4.74 Å². The molecule has 1 aromatic rings. The first-order chi connectivity index (χ1) is 12.9. The number of hydrogen-bond donors (Lipinski definition) is 1. The Morgan fingerprint density at radius 3 is 2.44 bits per heavy atom. The van der Waals surface area contributed by atoms with E-state index in [1.165, 1.54) is 5.56 Å². The highest BCUT2D eigenvalue weighted by Gasteiger charge is 2.48. The smallest absolute Gasteiger partial charge is 0.118 e. The van der Waals surface area contributed by atoms with Crippen molar-refractivity contribution >= 4 is 6.08 Å². The Hall–Kier alpha value is -1.40. The Kier molecular flexibility index (Phi) is 6.58. The van der Waals surface area contributed by atoms with Crippen LogP contribution in [0.1, 0.15) is 25.8 Å². The third-order valence-corrected chi connectivity index (χ3v) is 6.10.